The Hall–Kier alpha value is -1.42. The predicted molar refractivity (Wildman–Crippen MR) is 82.2 cm³/mol. The monoisotopic (exact) mass is 333 g/mol. The summed E-state index contributed by atoms with van der Waals surface area (Å²) in [5, 5.41) is 10.4. The highest BCUT2D eigenvalue weighted by atomic mass is 79.9. The van der Waals surface area contributed by atoms with Crippen LogP contribution in [0.2, 0.25) is 0 Å². The summed E-state index contributed by atoms with van der Waals surface area (Å²) < 4.78 is 0.797. The van der Waals surface area contributed by atoms with E-state index in [1.807, 2.05) is 18.2 Å². The number of benzene rings is 1. The highest BCUT2D eigenvalue weighted by Gasteiger charge is 2.31. The average molecular weight is 334 g/mol. The van der Waals surface area contributed by atoms with E-state index in [1.54, 1.807) is 0 Å². The van der Waals surface area contributed by atoms with E-state index in [9.17, 15) is 9.90 Å². The molecule has 0 aliphatic heterocycles. The third kappa shape index (κ3) is 2.12. The van der Waals surface area contributed by atoms with Gasteiger partial charge < -0.3 is 5.11 Å². The zero-order chi connectivity index (χ0) is 14.5. The number of nitrogens with zero attached hydrogens (tertiary/aromatic N) is 1. The van der Waals surface area contributed by atoms with E-state index in [0.29, 0.717) is 5.56 Å². The number of aromatic nitrogens is 1. The lowest BCUT2D eigenvalue weighted by molar-refractivity contribution is 0.0696. The Labute approximate surface area is 126 Å². The highest BCUT2D eigenvalue weighted by Crippen LogP contribution is 2.39. The van der Waals surface area contributed by atoms with Crippen LogP contribution >= 0.6 is 15.9 Å². The molecule has 0 saturated carbocycles. The largest absolute Gasteiger partial charge is 0.478 e. The molecular formula is C16H16BrNO2. The van der Waals surface area contributed by atoms with Crippen molar-refractivity contribution in [1.82, 2.24) is 4.98 Å². The van der Waals surface area contributed by atoms with Crippen molar-refractivity contribution < 1.29 is 9.90 Å². The number of aryl methyl sites for hydroxylation is 1. The first kappa shape index (κ1) is 13.6. The maximum Gasteiger partial charge on any atom is 0.336 e. The van der Waals surface area contributed by atoms with Crippen molar-refractivity contribution in [2.45, 2.75) is 33.1 Å². The summed E-state index contributed by atoms with van der Waals surface area (Å²) in [5.41, 5.74) is 3.18. The fraction of sp³-hybridized carbons (Fsp3) is 0.375. The number of pyridine rings is 1. The van der Waals surface area contributed by atoms with E-state index in [-0.39, 0.29) is 5.41 Å². The Morgan fingerprint density at radius 2 is 2.15 bits per heavy atom. The van der Waals surface area contributed by atoms with Crippen LogP contribution in [0.1, 0.15) is 41.9 Å². The maximum absolute atomic E-state index is 11.8. The second-order valence-corrected chi connectivity index (χ2v) is 7.05. The minimum Gasteiger partial charge on any atom is -0.478 e. The second-order valence-electron chi connectivity index (χ2n) is 6.19. The minimum atomic E-state index is -0.863. The van der Waals surface area contributed by atoms with E-state index in [0.717, 1.165) is 45.9 Å². The fourth-order valence-electron chi connectivity index (χ4n) is 3.02. The summed E-state index contributed by atoms with van der Waals surface area (Å²) in [7, 11) is 0. The molecule has 1 N–H and O–H groups in total. The molecule has 0 unspecified atom stereocenters. The van der Waals surface area contributed by atoms with Gasteiger partial charge in [-0.05, 0) is 42.4 Å². The number of carbonyl (C=O) groups is 1. The first-order valence-corrected chi connectivity index (χ1v) is 7.52. The van der Waals surface area contributed by atoms with Gasteiger partial charge in [0.25, 0.3) is 0 Å². The van der Waals surface area contributed by atoms with Gasteiger partial charge in [0.1, 0.15) is 0 Å². The summed E-state index contributed by atoms with van der Waals surface area (Å²) >= 11 is 3.47. The molecule has 1 aromatic carbocycles. The molecule has 1 aliphatic carbocycles. The van der Waals surface area contributed by atoms with Gasteiger partial charge in [0.2, 0.25) is 0 Å². The molecule has 1 heterocycles. The van der Waals surface area contributed by atoms with Gasteiger partial charge in [0.05, 0.1) is 11.1 Å². The normalized spacial score (nSPS) is 16.9. The molecule has 4 heteroatoms. The van der Waals surface area contributed by atoms with Gasteiger partial charge >= 0.3 is 5.97 Å². The summed E-state index contributed by atoms with van der Waals surface area (Å²) in [6.45, 7) is 4.37. The molecular weight excluding hydrogens is 318 g/mol. The molecule has 0 amide bonds. The van der Waals surface area contributed by atoms with Crippen molar-refractivity contribution in [1.29, 1.82) is 0 Å². The smallest absolute Gasteiger partial charge is 0.336 e. The second kappa shape index (κ2) is 4.55. The number of hydrogen-bond donors (Lipinski definition) is 1. The summed E-state index contributed by atoms with van der Waals surface area (Å²) in [4.78, 5) is 16.5. The molecule has 0 bridgehead atoms. The molecule has 3 rings (SSSR count). The van der Waals surface area contributed by atoms with Gasteiger partial charge in [-0.3, -0.25) is 4.98 Å². The Morgan fingerprint density at radius 3 is 2.85 bits per heavy atom. The van der Waals surface area contributed by atoms with Crippen LogP contribution in [-0.2, 0) is 12.8 Å². The van der Waals surface area contributed by atoms with E-state index >= 15 is 0 Å². The van der Waals surface area contributed by atoms with E-state index in [2.05, 4.69) is 29.8 Å². The van der Waals surface area contributed by atoms with Gasteiger partial charge in [-0.25, -0.2) is 4.79 Å². The number of carboxylic acid groups (broad SMARTS) is 1. The van der Waals surface area contributed by atoms with Crippen molar-refractivity contribution in [3.05, 3.63) is 39.5 Å². The average Bonchev–Trinajstić information content (AvgIpc) is 2.36. The molecule has 104 valence electrons. The SMILES string of the molecule is CC1(C)CCc2nc3cccc(Br)c3c(C(=O)O)c2C1. The maximum atomic E-state index is 11.8. The molecule has 1 aliphatic rings. The Bertz CT molecular complexity index is 722. The van der Waals surface area contributed by atoms with Crippen LogP contribution in [0, 0.1) is 5.41 Å². The van der Waals surface area contributed by atoms with Crippen molar-refractivity contribution in [3.63, 3.8) is 0 Å². The van der Waals surface area contributed by atoms with Gasteiger partial charge in [-0.1, -0.05) is 35.8 Å². The summed E-state index contributed by atoms with van der Waals surface area (Å²) in [6, 6.07) is 5.65. The van der Waals surface area contributed by atoms with Crippen LogP contribution in [0.4, 0.5) is 0 Å². The Morgan fingerprint density at radius 1 is 1.40 bits per heavy atom. The molecule has 20 heavy (non-hydrogen) atoms. The summed E-state index contributed by atoms with van der Waals surface area (Å²) in [6.07, 6.45) is 2.67. The van der Waals surface area contributed by atoms with Gasteiger partial charge in [-0.15, -0.1) is 0 Å². The summed E-state index contributed by atoms with van der Waals surface area (Å²) in [5.74, 6) is -0.863. The predicted octanol–water partition coefficient (Wildman–Crippen LogP) is 4.21. The lowest BCUT2D eigenvalue weighted by Crippen LogP contribution is -2.25. The number of aromatic carboxylic acids is 1. The van der Waals surface area contributed by atoms with Crippen molar-refractivity contribution >= 4 is 32.8 Å². The first-order valence-electron chi connectivity index (χ1n) is 6.72. The van der Waals surface area contributed by atoms with Gasteiger partial charge in [0.15, 0.2) is 0 Å². The van der Waals surface area contributed by atoms with E-state index < -0.39 is 5.97 Å². The number of fused-ring (bicyclic) bond motifs is 2. The quantitative estimate of drug-likeness (QED) is 0.850. The van der Waals surface area contributed by atoms with Crippen LogP contribution in [0.15, 0.2) is 22.7 Å². The van der Waals surface area contributed by atoms with Crippen molar-refractivity contribution in [2.75, 3.05) is 0 Å². The highest BCUT2D eigenvalue weighted by molar-refractivity contribution is 9.10. The molecule has 3 nitrogen and oxygen atoms in total. The Balaban J connectivity index is 2.40. The number of halogens is 1. The molecule has 0 atom stereocenters. The van der Waals surface area contributed by atoms with Crippen LogP contribution in [0.3, 0.4) is 0 Å². The zero-order valence-corrected chi connectivity index (χ0v) is 13.1. The Kier molecular flexibility index (Phi) is 3.09. The van der Waals surface area contributed by atoms with Crippen LogP contribution in [0.5, 0.6) is 0 Å². The first-order chi connectivity index (χ1) is 9.39. The molecule has 1 aromatic heterocycles. The van der Waals surface area contributed by atoms with Crippen LogP contribution < -0.4 is 0 Å². The van der Waals surface area contributed by atoms with Gasteiger partial charge in [0, 0.05) is 15.6 Å². The van der Waals surface area contributed by atoms with E-state index in [4.69, 9.17) is 4.98 Å². The lowest BCUT2D eigenvalue weighted by atomic mass is 9.74. The molecule has 0 saturated heterocycles. The fourth-order valence-corrected chi connectivity index (χ4v) is 3.57. The van der Waals surface area contributed by atoms with Crippen LogP contribution in [0.25, 0.3) is 10.9 Å². The van der Waals surface area contributed by atoms with Crippen molar-refractivity contribution in [3.8, 4) is 0 Å². The molecule has 0 spiro atoms. The van der Waals surface area contributed by atoms with Crippen molar-refractivity contribution in [2.24, 2.45) is 5.41 Å². The number of carboxylic acids is 1. The number of hydrogen-bond acceptors (Lipinski definition) is 2. The van der Waals surface area contributed by atoms with Crippen LogP contribution in [-0.4, -0.2) is 16.1 Å². The van der Waals surface area contributed by atoms with Gasteiger partial charge in [-0.2, -0.15) is 0 Å². The van der Waals surface area contributed by atoms with E-state index in [1.165, 1.54) is 0 Å². The minimum absolute atomic E-state index is 0.133. The molecule has 2 aromatic rings. The third-order valence-electron chi connectivity index (χ3n) is 4.05. The molecule has 0 radical (unpaired) electrons. The standard InChI is InChI=1S/C16H16BrNO2/c1-16(2)7-6-11-9(8-16)13(15(19)20)14-10(17)4-3-5-12(14)18-11/h3-5H,6-8H2,1-2H3,(H,19,20). The topological polar surface area (TPSA) is 50.2 Å². The zero-order valence-electron chi connectivity index (χ0n) is 11.5. The molecule has 0 fully saturated rings. The lowest BCUT2D eigenvalue weighted by Gasteiger charge is -2.32. The number of rotatable bonds is 1. The third-order valence-corrected chi connectivity index (χ3v) is 4.72.